The lowest BCUT2D eigenvalue weighted by molar-refractivity contribution is -0.105. The zero-order valence-electron chi connectivity index (χ0n) is 16.2. The number of allylic oxidation sites excluding steroid dienone is 1. The van der Waals surface area contributed by atoms with Gasteiger partial charge in [0, 0.05) is 12.0 Å². The van der Waals surface area contributed by atoms with E-state index < -0.39 is 8.07 Å². The number of carbonyl (C=O) groups excluding carboxylic acids is 1. The first-order valence-corrected chi connectivity index (χ1v) is 11.1. The largest absolute Gasteiger partial charge is 0.497 e. The highest BCUT2D eigenvalue weighted by molar-refractivity contribution is 6.87. The van der Waals surface area contributed by atoms with E-state index in [1.807, 2.05) is 24.3 Å². The van der Waals surface area contributed by atoms with Crippen molar-refractivity contribution in [1.29, 1.82) is 0 Å². The minimum absolute atomic E-state index is 0.614. The quantitative estimate of drug-likeness (QED) is 0.260. The number of hydrogen-bond donors (Lipinski definition) is 0. The maximum Gasteiger partial charge on any atom is 0.154 e. The molecule has 0 aromatic heterocycles. The summed E-state index contributed by atoms with van der Waals surface area (Å²) < 4.78 is 5.18. The maximum absolute atomic E-state index is 11.5. The van der Waals surface area contributed by atoms with E-state index in [0.717, 1.165) is 23.2 Å². The zero-order valence-corrected chi connectivity index (χ0v) is 17.2. The van der Waals surface area contributed by atoms with Gasteiger partial charge in [-0.2, -0.15) is 0 Å². The molecule has 0 unspecified atom stereocenters. The monoisotopic (exact) mass is 344 g/mol. The Hall–Kier alpha value is -1.57. The highest BCUT2D eigenvalue weighted by atomic mass is 28.3. The summed E-state index contributed by atoms with van der Waals surface area (Å²) in [5.41, 5.74) is 9.37. The molecule has 0 saturated carbocycles. The summed E-state index contributed by atoms with van der Waals surface area (Å²) >= 11 is 0. The molecule has 1 aromatic carbocycles. The van der Waals surface area contributed by atoms with Gasteiger partial charge in [-0.05, 0) is 34.3 Å². The molecule has 0 amide bonds. The van der Waals surface area contributed by atoms with Crippen LogP contribution in [0.3, 0.4) is 0 Å². The van der Waals surface area contributed by atoms with Crippen LogP contribution in [0.25, 0.3) is 0 Å². The highest BCUT2D eigenvalue weighted by Crippen LogP contribution is 2.42. The normalized spacial score (nSPS) is 11.6. The fraction of sp³-hybridized carbons (Fsp3) is 0.524. The van der Waals surface area contributed by atoms with E-state index in [4.69, 9.17) is 4.74 Å². The van der Waals surface area contributed by atoms with Crippen LogP contribution in [0.2, 0.25) is 16.6 Å². The Kier molecular flexibility index (Phi) is 7.72. The molecule has 132 valence electrons. The molecular weight excluding hydrogens is 312 g/mol. The van der Waals surface area contributed by atoms with Crippen LogP contribution in [-0.2, 0) is 11.2 Å². The third-order valence-electron chi connectivity index (χ3n) is 5.20. The summed E-state index contributed by atoms with van der Waals surface area (Å²) in [6.45, 7) is 13.9. The topological polar surface area (TPSA) is 26.3 Å². The second kappa shape index (κ2) is 9.05. The molecule has 0 atom stereocenters. The van der Waals surface area contributed by atoms with Gasteiger partial charge in [0.2, 0.25) is 0 Å². The van der Waals surface area contributed by atoms with Crippen LogP contribution < -0.4 is 4.74 Å². The van der Waals surface area contributed by atoms with Gasteiger partial charge in [-0.3, -0.25) is 4.79 Å². The summed E-state index contributed by atoms with van der Waals surface area (Å²) in [7, 11) is -0.0192. The van der Waals surface area contributed by atoms with Crippen LogP contribution in [0.1, 0.15) is 47.1 Å². The van der Waals surface area contributed by atoms with Crippen molar-refractivity contribution in [2.75, 3.05) is 7.11 Å². The highest BCUT2D eigenvalue weighted by Gasteiger charge is 2.40. The SMILES string of the molecule is COc1ccc(CC(=C=C[Si](C(C)C)(C(C)C)C(C)C)C=O)cc1. The number of hydrogen-bond acceptors (Lipinski definition) is 2. The first kappa shape index (κ1) is 20.5. The third-order valence-corrected chi connectivity index (χ3v) is 11.8. The standard InChI is InChI=1S/C21H32O2Si/c1-16(2)24(17(3)4,18(5)6)13-12-20(15-22)14-19-8-10-21(23-7)11-9-19/h8-11,13,15-18H,14H2,1-7H3. The van der Waals surface area contributed by atoms with Gasteiger partial charge in [-0.1, -0.05) is 59.4 Å². The van der Waals surface area contributed by atoms with E-state index >= 15 is 0 Å². The van der Waals surface area contributed by atoms with E-state index in [9.17, 15) is 4.79 Å². The van der Waals surface area contributed by atoms with Gasteiger partial charge in [0.1, 0.15) is 5.75 Å². The molecule has 2 nitrogen and oxygen atoms in total. The molecule has 0 spiro atoms. The smallest absolute Gasteiger partial charge is 0.154 e. The molecule has 24 heavy (non-hydrogen) atoms. The van der Waals surface area contributed by atoms with Crippen LogP contribution in [0.4, 0.5) is 0 Å². The summed E-state index contributed by atoms with van der Waals surface area (Å²) in [5.74, 6) is 0.830. The number of benzene rings is 1. The first-order valence-electron chi connectivity index (χ1n) is 8.82. The minimum atomic E-state index is -1.67. The second-order valence-corrected chi connectivity index (χ2v) is 13.2. The van der Waals surface area contributed by atoms with Crippen molar-refractivity contribution in [1.82, 2.24) is 0 Å². The van der Waals surface area contributed by atoms with Gasteiger partial charge in [-0.15, -0.1) is 5.73 Å². The predicted octanol–water partition coefficient (Wildman–Crippen LogP) is 5.74. The van der Waals surface area contributed by atoms with E-state index in [2.05, 4.69) is 53.0 Å². The van der Waals surface area contributed by atoms with Crippen molar-refractivity contribution in [2.24, 2.45) is 0 Å². The number of ether oxygens (including phenoxy) is 1. The van der Waals surface area contributed by atoms with Crippen molar-refractivity contribution in [2.45, 2.75) is 64.6 Å². The molecule has 0 fully saturated rings. The molecule has 0 aliphatic carbocycles. The summed E-state index contributed by atoms with van der Waals surface area (Å²) in [6, 6.07) is 7.86. The van der Waals surface area contributed by atoms with E-state index in [0.29, 0.717) is 23.0 Å². The molecule has 0 radical (unpaired) electrons. The lowest BCUT2D eigenvalue weighted by Crippen LogP contribution is -2.42. The van der Waals surface area contributed by atoms with E-state index in [-0.39, 0.29) is 0 Å². The first-order chi connectivity index (χ1) is 11.3. The molecule has 0 aliphatic heterocycles. The Morgan fingerprint density at radius 1 is 1.04 bits per heavy atom. The van der Waals surface area contributed by atoms with Gasteiger partial charge in [0.05, 0.1) is 15.2 Å². The zero-order chi connectivity index (χ0) is 18.3. The lowest BCUT2D eigenvalue weighted by atomic mass is 10.1. The maximum atomic E-state index is 11.5. The van der Waals surface area contributed by atoms with Crippen LogP contribution in [0, 0.1) is 0 Å². The van der Waals surface area contributed by atoms with Gasteiger partial charge in [-0.25, -0.2) is 0 Å². The Morgan fingerprint density at radius 2 is 1.54 bits per heavy atom. The fourth-order valence-electron chi connectivity index (χ4n) is 3.81. The average Bonchev–Trinajstić information content (AvgIpc) is 2.53. The predicted molar refractivity (Wildman–Crippen MR) is 105 cm³/mol. The van der Waals surface area contributed by atoms with Gasteiger partial charge >= 0.3 is 0 Å². The Labute approximate surface area is 148 Å². The number of carbonyl (C=O) groups is 1. The Balaban J connectivity index is 3.18. The average molecular weight is 345 g/mol. The molecule has 1 rings (SSSR count). The summed E-state index contributed by atoms with van der Waals surface area (Å²) in [6.07, 6.45) is 1.56. The van der Waals surface area contributed by atoms with Crippen LogP contribution in [0.5, 0.6) is 5.75 Å². The molecular formula is C21H32O2Si. The molecule has 0 N–H and O–H groups in total. The van der Waals surface area contributed by atoms with E-state index in [1.165, 1.54) is 0 Å². The van der Waals surface area contributed by atoms with Crippen LogP contribution in [-0.4, -0.2) is 21.5 Å². The molecule has 1 aromatic rings. The Bertz CT molecular complexity index is 569. The molecule has 0 aliphatic rings. The van der Waals surface area contributed by atoms with Crippen molar-refractivity contribution < 1.29 is 9.53 Å². The molecule has 0 heterocycles. The number of aldehydes is 1. The second-order valence-electron chi connectivity index (χ2n) is 7.42. The van der Waals surface area contributed by atoms with Crippen molar-refractivity contribution >= 4 is 14.4 Å². The summed E-state index contributed by atoms with van der Waals surface area (Å²) in [5, 5.41) is 0. The van der Waals surface area contributed by atoms with Crippen molar-refractivity contribution in [3.05, 3.63) is 46.8 Å². The van der Waals surface area contributed by atoms with Crippen molar-refractivity contribution in [3.63, 3.8) is 0 Å². The fourth-order valence-corrected chi connectivity index (χ4v) is 9.24. The van der Waals surface area contributed by atoms with Crippen LogP contribution >= 0.6 is 0 Å². The lowest BCUT2D eigenvalue weighted by Gasteiger charge is -2.39. The van der Waals surface area contributed by atoms with Crippen molar-refractivity contribution in [3.8, 4) is 5.75 Å². The molecule has 0 bridgehead atoms. The van der Waals surface area contributed by atoms with E-state index in [1.54, 1.807) is 7.11 Å². The van der Waals surface area contributed by atoms with Crippen LogP contribution in [0.15, 0.2) is 41.3 Å². The number of methoxy groups -OCH3 is 1. The number of rotatable bonds is 8. The molecule has 3 heteroatoms. The molecule has 0 saturated heterocycles. The summed E-state index contributed by atoms with van der Waals surface area (Å²) in [4.78, 5) is 11.5. The van der Waals surface area contributed by atoms with Gasteiger partial charge in [0.25, 0.3) is 0 Å². The van der Waals surface area contributed by atoms with Gasteiger partial charge in [0.15, 0.2) is 6.29 Å². The van der Waals surface area contributed by atoms with Gasteiger partial charge < -0.3 is 4.74 Å². The Morgan fingerprint density at radius 3 is 1.92 bits per heavy atom. The minimum Gasteiger partial charge on any atom is -0.497 e. The third kappa shape index (κ3) is 4.72.